The molecular formula is C38H45IN2O9. The van der Waals surface area contributed by atoms with Crippen LogP contribution < -0.4 is 10.6 Å². The van der Waals surface area contributed by atoms with Crippen molar-refractivity contribution in [2.75, 3.05) is 6.61 Å². The molecule has 0 unspecified atom stereocenters. The van der Waals surface area contributed by atoms with Crippen LogP contribution in [0.1, 0.15) is 92.0 Å². The highest BCUT2D eigenvalue weighted by atomic mass is 127. The number of aliphatic hydroxyl groups is 1. The van der Waals surface area contributed by atoms with Crippen molar-refractivity contribution < 1.29 is 43.2 Å². The van der Waals surface area contributed by atoms with E-state index in [0.717, 1.165) is 29.3 Å². The predicted octanol–water partition coefficient (Wildman–Crippen LogP) is 4.98. The molecule has 0 radical (unpaired) electrons. The molecule has 50 heavy (non-hydrogen) atoms. The number of hydrogen-bond donors (Lipinski definition) is 3. The minimum Gasteiger partial charge on any atom is -0.460 e. The maximum atomic E-state index is 13.6. The summed E-state index contributed by atoms with van der Waals surface area (Å²) in [5.41, 5.74) is 1.33. The van der Waals surface area contributed by atoms with Gasteiger partial charge in [-0.05, 0) is 111 Å². The molecule has 0 bridgehead atoms. The smallest absolute Gasteiger partial charge is 0.339 e. The number of amides is 2. The molecule has 4 atom stereocenters. The van der Waals surface area contributed by atoms with E-state index in [2.05, 4.69) is 33.2 Å². The zero-order valence-electron chi connectivity index (χ0n) is 28.6. The lowest BCUT2D eigenvalue weighted by molar-refractivity contribution is -0.209. The van der Waals surface area contributed by atoms with Gasteiger partial charge in [-0.15, -0.1) is 0 Å². The molecule has 4 aliphatic rings. The highest BCUT2D eigenvalue weighted by molar-refractivity contribution is 14.1. The molecule has 3 fully saturated rings. The van der Waals surface area contributed by atoms with Crippen LogP contribution in [0.25, 0.3) is 0 Å². The molecule has 2 aromatic rings. The fraction of sp³-hybridized carbons (Fsp3) is 0.526. The highest BCUT2D eigenvalue weighted by Crippen LogP contribution is 2.59. The average Bonchev–Trinajstić information content (AvgIpc) is 4.02. The zero-order valence-corrected chi connectivity index (χ0v) is 30.8. The van der Waals surface area contributed by atoms with Gasteiger partial charge in [0.15, 0.2) is 5.79 Å². The highest BCUT2D eigenvalue weighted by Gasteiger charge is 2.64. The first-order chi connectivity index (χ1) is 23.8. The Labute approximate surface area is 306 Å². The van der Waals surface area contributed by atoms with Crippen molar-refractivity contribution in [3.8, 4) is 0 Å². The lowest BCUT2D eigenvalue weighted by Crippen LogP contribution is -2.44. The fourth-order valence-corrected chi connectivity index (χ4v) is 7.29. The molecule has 1 heterocycles. The molecular weight excluding hydrogens is 755 g/mol. The summed E-state index contributed by atoms with van der Waals surface area (Å²) in [5.74, 6) is -1.69. The summed E-state index contributed by atoms with van der Waals surface area (Å²) in [6.45, 7) is 5.15. The van der Waals surface area contributed by atoms with E-state index in [0.29, 0.717) is 34.1 Å². The fourth-order valence-electron chi connectivity index (χ4n) is 6.68. The van der Waals surface area contributed by atoms with Gasteiger partial charge in [-0.25, -0.2) is 4.79 Å². The Bertz CT molecular complexity index is 1630. The van der Waals surface area contributed by atoms with E-state index in [1.54, 1.807) is 57.2 Å². The van der Waals surface area contributed by atoms with Crippen LogP contribution in [0.15, 0.2) is 60.2 Å². The molecule has 2 aromatic carbocycles. The van der Waals surface area contributed by atoms with Crippen molar-refractivity contribution in [3.05, 3.63) is 80.4 Å². The molecule has 3 aliphatic carbocycles. The van der Waals surface area contributed by atoms with Crippen LogP contribution in [0.2, 0.25) is 0 Å². The molecule has 11 nitrogen and oxygen atoms in total. The molecule has 2 amide bonds. The van der Waals surface area contributed by atoms with Crippen molar-refractivity contribution >= 4 is 46.3 Å². The van der Waals surface area contributed by atoms with E-state index in [9.17, 15) is 24.3 Å². The molecule has 1 aliphatic heterocycles. The van der Waals surface area contributed by atoms with Crippen LogP contribution in [0.3, 0.4) is 0 Å². The summed E-state index contributed by atoms with van der Waals surface area (Å²) in [4.78, 5) is 52.1. The Morgan fingerprint density at radius 3 is 2.38 bits per heavy atom. The number of carbonyl (C=O) groups is 4. The number of aliphatic hydroxyl groups excluding tert-OH is 1. The number of benzene rings is 2. The largest absolute Gasteiger partial charge is 0.460 e. The molecule has 2 saturated carbocycles. The molecule has 268 valence electrons. The Balaban J connectivity index is 1.10. The monoisotopic (exact) mass is 800 g/mol. The number of fused-ring (bicyclic) bond motifs is 1. The average molecular weight is 801 g/mol. The standard InChI is InChI=1S/C38H45IN2O9/c1-37(2,3)49-32(43)16-15-27(21-42)41-35(45)23-8-6-7-22(17-23)20-40-34(44)24-18-30(47-36(46)28-9-4-5-10-29(28)39)33-31(19-24)48-38(50-33,25-11-12-25)26-13-14-26/h4-10,17,19,25-27,30-31,33,42H,11-16,18,20-21H2,1-3H3,(H,40,44)(H,41,45)/t27-,30+,31+,33-/m0/s1. The first-order valence-corrected chi connectivity index (χ1v) is 18.5. The quantitative estimate of drug-likeness (QED) is 0.189. The normalized spacial score (nSPS) is 23.2. The molecule has 3 N–H and O–H groups in total. The van der Waals surface area contributed by atoms with Crippen molar-refractivity contribution in [1.82, 2.24) is 10.6 Å². The molecule has 0 aromatic heterocycles. The second-order valence-corrected chi connectivity index (χ2v) is 15.8. The lowest BCUT2D eigenvalue weighted by atomic mass is 9.91. The van der Waals surface area contributed by atoms with Crippen LogP contribution in [0.5, 0.6) is 0 Å². The number of nitrogens with one attached hydrogen (secondary N) is 2. The minimum atomic E-state index is -0.713. The van der Waals surface area contributed by atoms with Crippen molar-refractivity contribution in [1.29, 1.82) is 0 Å². The Hall–Kier alpha value is -3.33. The van der Waals surface area contributed by atoms with Gasteiger partial charge in [0.25, 0.3) is 5.91 Å². The first-order valence-electron chi connectivity index (χ1n) is 17.4. The summed E-state index contributed by atoms with van der Waals surface area (Å²) in [6.07, 6.45) is 4.64. The van der Waals surface area contributed by atoms with E-state index in [4.69, 9.17) is 18.9 Å². The van der Waals surface area contributed by atoms with E-state index in [1.165, 1.54) is 0 Å². The van der Waals surface area contributed by atoms with E-state index in [1.807, 2.05) is 18.2 Å². The summed E-state index contributed by atoms with van der Waals surface area (Å²) < 4.78 is 25.5. The number of carbonyl (C=O) groups excluding carboxylic acids is 4. The first kappa shape index (κ1) is 36.5. The summed E-state index contributed by atoms with van der Waals surface area (Å²) in [6, 6.07) is 13.4. The van der Waals surface area contributed by atoms with Crippen LogP contribution in [0, 0.1) is 15.4 Å². The van der Waals surface area contributed by atoms with E-state index in [-0.39, 0.29) is 38.3 Å². The van der Waals surface area contributed by atoms with Crippen molar-refractivity contribution in [3.63, 3.8) is 0 Å². The summed E-state index contributed by atoms with van der Waals surface area (Å²) >= 11 is 2.11. The zero-order chi connectivity index (χ0) is 35.6. The van der Waals surface area contributed by atoms with Crippen LogP contribution in [0.4, 0.5) is 0 Å². The third-order valence-electron chi connectivity index (χ3n) is 9.37. The molecule has 6 rings (SSSR count). The van der Waals surface area contributed by atoms with Crippen LogP contribution >= 0.6 is 22.6 Å². The molecule has 0 spiro atoms. The third-order valence-corrected chi connectivity index (χ3v) is 10.3. The van der Waals surface area contributed by atoms with E-state index < -0.39 is 53.6 Å². The second kappa shape index (κ2) is 15.1. The Morgan fingerprint density at radius 1 is 1.00 bits per heavy atom. The number of halogens is 1. The Morgan fingerprint density at radius 2 is 1.72 bits per heavy atom. The number of ether oxygens (including phenoxy) is 4. The molecule has 12 heteroatoms. The van der Waals surface area contributed by atoms with Gasteiger partial charge in [0.05, 0.1) is 18.2 Å². The van der Waals surface area contributed by atoms with Gasteiger partial charge in [0, 0.05) is 45.9 Å². The minimum absolute atomic E-state index is 0.0528. The summed E-state index contributed by atoms with van der Waals surface area (Å²) in [7, 11) is 0. The topological polar surface area (TPSA) is 149 Å². The maximum absolute atomic E-state index is 13.6. The second-order valence-electron chi connectivity index (χ2n) is 14.6. The Kier molecular flexibility index (Phi) is 11.0. The van der Waals surface area contributed by atoms with Crippen molar-refractivity contribution in [2.24, 2.45) is 11.8 Å². The van der Waals surface area contributed by atoms with Crippen molar-refractivity contribution in [2.45, 2.75) is 108 Å². The maximum Gasteiger partial charge on any atom is 0.339 e. The van der Waals surface area contributed by atoms with Gasteiger partial charge in [0.2, 0.25) is 5.91 Å². The number of esters is 2. The van der Waals surface area contributed by atoms with Gasteiger partial charge < -0.3 is 34.7 Å². The predicted molar refractivity (Wildman–Crippen MR) is 191 cm³/mol. The van der Waals surface area contributed by atoms with Gasteiger partial charge in [-0.1, -0.05) is 24.3 Å². The van der Waals surface area contributed by atoms with Crippen LogP contribution in [-0.4, -0.2) is 71.2 Å². The van der Waals surface area contributed by atoms with Gasteiger partial charge in [-0.2, -0.15) is 0 Å². The SMILES string of the molecule is CC(C)(C)OC(=O)CC[C@@H](CO)NC(=O)c1cccc(CNC(=O)C2=C[C@H]3OC(C4CC4)(C4CC4)O[C@H]3[C@H](OC(=O)c3ccccc3I)C2)c1. The molecule has 1 saturated heterocycles. The van der Waals surface area contributed by atoms with Crippen LogP contribution in [-0.2, 0) is 35.1 Å². The van der Waals surface area contributed by atoms with E-state index >= 15 is 0 Å². The lowest BCUT2D eigenvalue weighted by Gasteiger charge is -2.31. The number of rotatable bonds is 13. The van der Waals surface area contributed by atoms with Gasteiger partial charge >= 0.3 is 11.9 Å². The number of hydrogen-bond acceptors (Lipinski definition) is 9. The van der Waals surface area contributed by atoms with Gasteiger partial charge in [-0.3, -0.25) is 14.4 Å². The summed E-state index contributed by atoms with van der Waals surface area (Å²) in [5, 5.41) is 15.5. The van der Waals surface area contributed by atoms with Gasteiger partial charge in [0.1, 0.15) is 23.9 Å². The third kappa shape index (κ3) is 8.75.